The van der Waals surface area contributed by atoms with Crippen molar-refractivity contribution in [2.24, 2.45) is 4.99 Å². The Morgan fingerprint density at radius 2 is 1.45 bits per heavy atom. The summed E-state index contributed by atoms with van der Waals surface area (Å²) < 4.78 is 25.9. The third-order valence-electron chi connectivity index (χ3n) is 2.85. The molecule has 0 saturated carbocycles. The van der Waals surface area contributed by atoms with Crippen molar-refractivity contribution in [2.75, 3.05) is 0 Å². The van der Waals surface area contributed by atoms with Crippen molar-refractivity contribution < 1.29 is 8.42 Å². The molecule has 3 aromatic rings. The largest absolute Gasteiger partial charge is 0.236 e. The molecule has 0 aliphatic rings. The summed E-state index contributed by atoms with van der Waals surface area (Å²) in [6.45, 7) is 0. The van der Waals surface area contributed by atoms with Crippen molar-refractivity contribution in [3.05, 3.63) is 70.4 Å². The van der Waals surface area contributed by atoms with Gasteiger partial charge in [0.05, 0.1) is 10.6 Å². The summed E-state index contributed by atoms with van der Waals surface area (Å²) in [7, 11) is -1.22. The average Bonchev–Trinajstić information content (AvgIpc) is 2.91. The van der Waals surface area contributed by atoms with E-state index >= 15 is 0 Å². The van der Waals surface area contributed by atoms with Crippen LogP contribution < -0.4 is 4.67 Å². The molecular weight excluding hydrogens is 358 g/mol. The van der Waals surface area contributed by atoms with Gasteiger partial charge in [-0.2, -0.15) is 0 Å². The Morgan fingerprint density at radius 1 is 0.864 bits per heavy atom. The second kappa shape index (κ2) is 6.34. The molecule has 0 unspecified atom stereocenters. The van der Waals surface area contributed by atoms with Gasteiger partial charge >= 0.3 is 0 Å². The molecule has 7 heteroatoms. The van der Waals surface area contributed by atoms with Gasteiger partial charge in [0.1, 0.15) is 9.69 Å². The molecule has 3 nitrogen and oxygen atoms in total. The molecule has 0 N–H and O–H groups in total. The molecular formula is C15H10ClNO2S3. The van der Waals surface area contributed by atoms with Gasteiger partial charge in [0.25, 0.3) is 0 Å². The van der Waals surface area contributed by atoms with Crippen LogP contribution in [0.15, 0.2) is 74.8 Å². The quantitative estimate of drug-likeness (QED) is 0.638. The zero-order valence-electron chi connectivity index (χ0n) is 11.1. The minimum Gasteiger partial charge on any atom is -0.236 e. The Labute approximate surface area is 140 Å². The second-order valence-corrected chi connectivity index (χ2v) is 8.99. The lowest BCUT2D eigenvalue weighted by Crippen LogP contribution is -2.03. The number of benzene rings is 2. The SMILES string of the molecule is O=S(=O)(c1ccccc1)c1ssc(=Nc2ccccc2)c1Cl. The van der Waals surface area contributed by atoms with Crippen LogP contribution >= 0.6 is 32.3 Å². The lowest BCUT2D eigenvalue weighted by atomic mass is 10.3. The minimum atomic E-state index is -3.60. The lowest BCUT2D eigenvalue weighted by molar-refractivity contribution is 0.598. The maximum absolute atomic E-state index is 12.6. The highest BCUT2D eigenvalue weighted by Crippen LogP contribution is 2.32. The van der Waals surface area contributed by atoms with Gasteiger partial charge < -0.3 is 0 Å². The molecule has 0 aliphatic carbocycles. The van der Waals surface area contributed by atoms with Crippen molar-refractivity contribution in [1.29, 1.82) is 0 Å². The van der Waals surface area contributed by atoms with Crippen LogP contribution in [0.2, 0.25) is 5.02 Å². The molecule has 22 heavy (non-hydrogen) atoms. The van der Waals surface area contributed by atoms with Crippen LogP contribution in [0.25, 0.3) is 0 Å². The standard InChI is InChI=1S/C15H10ClNO2S3/c16-13-14(17-11-7-3-1-4-8-11)20-21-15(13)22(18,19)12-9-5-2-6-10-12/h1-10H. The Morgan fingerprint density at radius 3 is 2.09 bits per heavy atom. The third-order valence-corrected chi connectivity index (χ3v) is 8.48. The van der Waals surface area contributed by atoms with Gasteiger partial charge in [0, 0.05) is 0 Å². The van der Waals surface area contributed by atoms with Crippen molar-refractivity contribution >= 4 is 47.8 Å². The van der Waals surface area contributed by atoms with Gasteiger partial charge in [-0.3, -0.25) is 0 Å². The second-order valence-electron chi connectivity index (χ2n) is 4.34. The molecule has 0 spiro atoms. The molecule has 1 heterocycles. The van der Waals surface area contributed by atoms with Crippen LogP contribution in [0.3, 0.4) is 0 Å². The topological polar surface area (TPSA) is 46.5 Å². The van der Waals surface area contributed by atoms with Crippen LogP contribution in [0.1, 0.15) is 0 Å². The number of halogens is 1. The molecule has 0 amide bonds. The molecule has 0 fully saturated rings. The Kier molecular flexibility index (Phi) is 4.44. The molecule has 0 bridgehead atoms. The fraction of sp³-hybridized carbons (Fsp3) is 0. The van der Waals surface area contributed by atoms with Crippen molar-refractivity contribution in [3.63, 3.8) is 0 Å². The fourth-order valence-corrected chi connectivity index (χ4v) is 7.32. The maximum Gasteiger partial charge on any atom is 0.218 e. The Balaban J connectivity index is 2.11. The summed E-state index contributed by atoms with van der Waals surface area (Å²) in [4.78, 5) is 4.63. The van der Waals surface area contributed by atoms with Crippen molar-refractivity contribution in [2.45, 2.75) is 9.10 Å². The van der Waals surface area contributed by atoms with E-state index in [0.29, 0.717) is 4.67 Å². The average molecular weight is 368 g/mol. The minimum absolute atomic E-state index is 0.139. The number of sulfone groups is 1. The number of para-hydroxylation sites is 1. The molecule has 1 aromatic heterocycles. The molecule has 112 valence electrons. The van der Waals surface area contributed by atoms with Crippen molar-refractivity contribution in [3.8, 4) is 0 Å². The summed E-state index contributed by atoms with van der Waals surface area (Å²) in [5.74, 6) is 0. The van der Waals surface area contributed by atoms with Gasteiger partial charge in [-0.05, 0) is 24.3 Å². The summed E-state index contributed by atoms with van der Waals surface area (Å²) in [6.07, 6.45) is 0. The maximum atomic E-state index is 12.6. The zero-order valence-corrected chi connectivity index (χ0v) is 14.3. The first-order valence-electron chi connectivity index (χ1n) is 6.27. The summed E-state index contributed by atoms with van der Waals surface area (Å²) in [5, 5.41) is 0.183. The van der Waals surface area contributed by atoms with E-state index in [1.807, 2.05) is 30.3 Å². The molecule has 0 saturated heterocycles. The van der Waals surface area contributed by atoms with E-state index in [1.165, 1.54) is 10.3 Å². The van der Waals surface area contributed by atoms with Crippen LogP contribution in [-0.2, 0) is 9.84 Å². The van der Waals surface area contributed by atoms with E-state index in [9.17, 15) is 8.42 Å². The van der Waals surface area contributed by atoms with E-state index in [-0.39, 0.29) is 14.1 Å². The number of hydrogen-bond acceptors (Lipinski definition) is 5. The fourth-order valence-electron chi connectivity index (χ4n) is 1.79. The van der Waals surface area contributed by atoms with E-state index < -0.39 is 9.84 Å². The molecule has 0 radical (unpaired) electrons. The van der Waals surface area contributed by atoms with Crippen LogP contribution in [0.5, 0.6) is 0 Å². The predicted octanol–water partition coefficient (Wildman–Crippen LogP) is 4.53. The predicted molar refractivity (Wildman–Crippen MR) is 90.8 cm³/mol. The van der Waals surface area contributed by atoms with Gasteiger partial charge in [-0.25, -0.2) is 13.4 Å². The molecule has 0 atom stereocenters. The highest BCUT2D eigenvalue weighted by molar-refractivity contribution is 7.95. The molecule has 3 rings (SSSR count). The first-order chi connectivity index (χ1) is 10.6. The van der Waals surface area contributed by atoms with E-state index in [0.717, 1.165) is 16.0 Å². The smallest absolute Gasteiger partial charge is 0.218 e. The van der Waals surface area contributed by atoms with E-state index in [4.69, 9.17) is 11.6 Å². The van der Waals surface area contributed by atoms with E-state index in [2.05, 4.69) is 4.99 Å². The van der Waals surface area contributed by atoms with Crippen LogP contribution in [-0.4, -0.2) is 8.42 Å². The normalized spacial score (nSPS) is 12.5. The summed E-state index contributed by atoms with van der Waals surface area (Å²) in [6, 6.07) is 17.6. The zero-order chi connectivity index (χ0) is 15.6. The Bertz CT molecular complexity index is 945. The Hall–Kier alpha value is -1.47. The van der Waals surface area contributed by atoms with Crippen molar-refractivity contribution in [1.82, 2.24) is 0 Å². The van der Waals surface area contributed by atoms with Gasteiger partial charge in [0.2, 0.25) is 9.84 Å². The summed E-state index contributed by atoms with van der Waals surface area (Å²) >= 11 is 6.26. The first kappa shape index (κ1) is 15.4. The van der Waals surface area contributed by atoms with Crippen LogP contribution in [0.4, 0.5) is 5.69 Å². The number of hydrogen-bond donors (Lipinski definition) is 0. The highest BCUT2D eigenvalue weighted by atomic mass is 35.5. The first-order valence-corrected chi connectivity index (χ1v) is 10.3. The molecule has 2 aromatic carbocycles. The van der Waals surface area contributed by atoms with E-state index in [1.54, 1.807) is 30.3 Å². The van der Waals surface area contributed by atoms with Gasteiger partial charge in [0.15, 0.2) is 4.21 Å². The summed E-state index contributed by atoms with van der Waals surface area (Å²) in [5.41, 5.74) is 0.738. The number of nitrogens with zero attached hydrogens (tertiary/aromatic N) is 1. The van der Waals surface area contributed by atoms with Crippen LogP contribution in [0, 0.1) is 0 Å². The lowest BCUT2D eigenvalue weighted by Gasteiger charge is -2.01. The highest BCUT2D eigenvalue weighted by Gasteiger charge is 2.24. The van der Waals surface area contributed by atoms with Gasteiger partial charge in [-0.15, -0.1) is 0 Å². The number of rotatable bonds is 3. The molecule has 0 aliphatic heterocycles. The third kappa shape index (κ3) is 3.01. The monoisotopic (exact) mass is 367 g/mol. The van der Waals surface area contributed by atoms with Gasteiger partial charge in [-0.1, -0.05) is 68.7 Å².